The topological polar surface area (TPSA) is 77.4 Å². The van der Waals surface area contributed by atoms with Gasteiger partial charge in [-0.2, -0.15) is 0 Å². The van der Waals surface area contributed by atoms with E-state index in [0.29, 0.717) is 25.4 Å². The van der Waals surface area contributed by atoms with E-state index in [0.717, 1.165) is 28.4 Å². The number of rotatable bonds is 4. The Bertz CT molecular complexity index is 990. The minimum absolute atomic E-state index is 0.142. The molecule has 4 rings (SSSR count). The first kappa shape index (κ1) is 19.0. The summed E-state index contributed by atoms with van der Waals surface area (Å²) in [5.41, 5.74) is 3.76. The Balaban J connectivity index is 1.52. The molecule has 0 spiro atoms. The number of aryl methyl sites for hydroxylation is 1. The van der Waals surface area contributed by atoms with Crippen LogP contribution < -0.4 is 4.74 Å². The number of carbonyl (C=O) groups is 1. The first-order chi connectivity index (χ1) is 14.1. The van der Waals surface area contributed by atoms with E-state index in [1.807, 2.05) is 49.4 Å². The van der Waals surface area contributed by atoms with Crippen molar-refractivity contribution in [3.63, 3.8) is 0 Å². The molecule has 3 heterocycles. The Morgan fingerprint density at radius 3 is 2.69 bits per heavy atom. The molecule has 148 valence electrons. The lowest BCUT2D eigenvalue weighted by Crippen LogP contribution is -2.42. The lowest BCUT2D eigenvalue weighted by atomic mass is 10.1. The summed E-state index contributed by atoms with van der Waals surface area (Å²) in [6.07, 6.45) is 2.83. The van der Waals surface area contributed by atoms with Crippen LogP contribution in [0.1, 0.15) is 28.0 Å². The van der Waals surface area contributed by atoms with Crippen molar-refractivity contribution in [3.8, 4) is 17.0 Å². The molecule has 0 aliphatic carbocycles. The summed E-state index contributed by atoms with van der Waals surface area (Å²) in [6, 6.07) is 13.6. The maximum Gasteiger partial charge on any atom is 0.274 e. The number of amides is 1. The molecular weight excluding hydrogens is 368 g/mol. The quantitative estimate of drug-likeness (QED) is 0.681. The molecule has 1 unspecified atom stereocenters. The largest absolute Gasteiger partial charge is 0.497 e. The summed E-state index contributed by atoms with van der Waals surface area (Å²) in [4.78, 5) is 27.7. The standard InChI is InChI=1S/C22H22N4O3/c1-15-12-24-20(13-23-15)22(27)26-10-11-29-21(14-26)19-5-3-4-18(25-19)16-6-8-17(28-2)9-7-16/h3-9,12-13,21H,10-11,14H2,1-2H3. The summed E-state index contributed by atoms with van der Waals surface area (Å²) < 4.78 is 11.1. The van der Waals surface area contributed by atoms with E-state index in [1.165, 1.54) is 6.20 Å². The molecule has 1 fully saturated rings. The number of methoxy groups -OCH3 is 1. The Morgan fingerprint density at radius 1 is 1.14 bits per heavy atom. The monoisotopic (exact) mass is 390 g/mol. The van der Waals surface area contributed by atoms with E-state index >= 15 is 0 Å². The molecule has 1 aromatic carbocycles. The number of nitrogens with zero attached hydrogens (tertiary/aromatic N) is 4. The van der Waals surface area contributed by atoms with Gasteiger partial charge < -0.3 is 14.4 Å². The van der Waals surface area contributed by atoms with E-state index < -0.39 is 0 Å². The number of ether oxygens (including phenoxy) is 2. The normalized spacial score (nSPS) is 16.5. The molecule has 29 heavy (non-hydrogen) atoms. The molecule has 3 aromatic rings. The van der Waals surface area contributed by atoms with Crippen molar-refractivity contribution in [1.82, 2.24) is 19.9 Å². The minimum atomic E-state index is -0.288. The predicted octanol–water partition coefficient (Wildman–Crippen LogP) is 3.07. The highest BCUT2D eigenvalue weighted by Gasteiger charge is 2.28. The average Bonchev–Trinajstić information content (AvgIpc) is 2.79. The van der Waals surface area contributed by atoms with Crippen LogP contribution in [0.4, 0.5) is 0 Å². The molecule has 1 atom stereocenters. The number of hydrogen-bond acceptors (Lipinski definition) is 6. The van der Waals surface area contributed by atoms with Crippen LogP contribution >= 0.6 is 0 Å². The second kappa shape index (κ2) is 8.36. The lowest BCUT2D eigenvalue weighted by Gasteiger charge is -2.32. The van der Waals surface area contributed by atoms with Crippen LogP contribution in [0.3, 0.4) is 0 Å². The van der Waals surface area contributed by atoms with E-state index in [2.05, 4.69) is 9.97 Å². The number of hydrogen-bond donors (Lipinski definition) is 0. The summed E-state index contributed by atoms with van der Waals surface area (Å²) in [5, 5.41) is 0. The molecule has 7 nitrogen and oxygen atoms in total. The SMILES string of the molecule is COc1ccc(-c2cccc(C3CN(C(=O)c4cnc(C)cn4)CCO3)n2)cc1. The van der Waals surface area contributed by atoms with Gasteiger partial charge in [-0.05, 0) is 43.3 Å². The predicted molar refractivity (Wildman–Crippen MR) is 108 cm³/mol. The molecular formula is C22H22N4O3. The fraction of sp³-hybridized carbons (Fsp3) is 0.273. The zero-order chi connectivity index (χ0) is 20.2. The highest BCUT2D eigenvalue weighted by molar-refractivity contribution is 5.92. The van der Waals surface area contributed by atoms with Gasteiger partial charge in [-0.15, -0.1) is 0 Å². The van der Waals surface area contributed by atoms with Crippen LogP contribution in [0.15, 0.2) is 54.9 Å². The summed E-state index contributed by atoms with van der Waals surface area (Å²) in [6.45, 7) is 3.23. The summed E-state index contributed by atoms with van der Waals surface area (Å²) >= 11 is 0. The third kappa shape index (κ3) is 4.25. The van der Waals surface area contributed by atoms with Crippen molar-refractivity contribution in [1.29, 1.82) is 0 Å². The summed E-state index contributed by atoms with van der Waals surface area (Å²) in [7, 11) is 1.64. The second-order valence-electron chi connectivity index (χ2n) is 6.83. The molecule has 2 aromatic heterocycles. The zero-order valence-electron chi connectivity index (χ0n) is 16.4. The molecule has 1 amide bonds. The van der Waals surface area contributed by atoms with Crippen molar-refractivity contribution in [2.75, 3.05) is 26.8 Å². The molecule has 0 saturated carbocycles. The fourth-order valence-corrected chi connectivity index (χ4v) is 3.23. The summed E-state index contributed by atoms with van der Waals surface area (Å²) in [5.74, 6) is 0.658. The van der Waals surface area contributed by atoms with Gasteiger partial charge in [0.15, 0.2) is 0 Å². The van der Waals surface area contributed by atoms with E-state index in [4.69, 9.17) is 14.5 Å². The van der Waals surface area contributed by atoms with Gasteiger partial charge in [0.2, 0.25) is 0 Å². The van der Waals surface area contributed by atoms with Gasteiger partial charge in [0.25, 0.3) is 5.91 Å². The van der Waals surface area contributed by atoms with Crippen LogP contribution in [-0.2, 0) is 4.74 Å². The van der Waals surface area contributed by atoms with Crippen molar-refractivity contribution < 1.29 is 14.3 Å². The molecule has 0 radical (unpaired) electrons. The third-order valence-corrected chi connectivity index (χ3v) is 4.84. The van der Waals surface area contributed by atoms with E-state index in [1.54, 1.807) is 18.2 Å². The molecule has 1 saturated heterocycles. The Kier molecular flexibility index (Phi) is 5.48. The van der Waals surface area contributed by atoms with Gasteiger partial charge in [0.05, 0.1) is 43.5 Å². The molecule has 0 bridgehead atoms. The van der Waals surface area contributed by atoms with Crippen molar-refractivity contribution in [3.05, 3.63) is 71.9 Å². The number of carbonyl (C=O) groups excluding carboxylic acids is 1. The van der Waals surface area contributed by atoms with Gasteiger partial charge in [-0.1, -0.05) is 6.07 Å². The van der Waals surface area contributed by atoms with Crippen molar-refractivity contribution in [2.45, 2.75) is 13.0 Å². The smallest absolute Gasteiger partial charge is 0.274 e. The lowest BCUT2D eigenvalue weighted by molar-refractivity contribution is -0.0248. The van der Waals surface area contributed by atoms with Gasteiger partial charge in [-0.3, -0.25) is 9.78 Å². The second-order valence-corrected chi connectivity index (χ2v) is 6.83. The first-order valence-corrected chi connectivity index (χ1v) is 9.45. The number of benzene rings is 1. The van der Waals surface area contributed by atoms with Crippen LogP contribution in [0, 0.1) is 6.92 Å². The molecule has 7 heteroatoms. The van der Waals surface area contributed by atoms with Gasteiger partial charge in [0.1, 0.15) is 17.5 Å². The first-order valence-electron chi connectivity index (χ1n) is 9.45. The van der Waals surface area contributed by atoms with Gasteiger partial charge in [0, 0.05) is 18.3 Å². The molecule has 0 N–H and O–H groups in total. The maximum atomic E-state index is 12.8. The highest BCUT2D eigenvalue weighted by atomic mass is 16.5. The molecule has 1 aliphatic rings. The van der Waals surface area contributed by atoms with Crippen molar-refractivity contribution in [2.24, 2.45) is 0 Å². The minimum Gasteiger partial charge on any atom is -0.497 e. The zero-order valence-corrected chi connectivity index (χ0v) is 16.4. The average molecular weight is 390 g/mol. The Hall–Kier alpha value is -3.32. The fourth-order valence-electron chi connectivity index (χ4n) is 3.23. The van der Waals surface area contributed by atoms with E-state index in [9.17, 15) is 4.79 Å². The number of morpholine rings is 1. The maximum absolute atomic E-state index is 12.8. The van der Waals surface area contributed by atoms with Crippen LogP contribution in [0.2, 0.25) is 0 Å². The Morgan fingerprint density at radius 2 is 1.97 bits per heavy atom. The third-order valence-electron chi connectivity index (χ3n) is 4.84. The number of aromatic nitrogens is 3. The van der Waals surface area contributed by atoms with Crippen molar-refractivity contribution >= 4 is 5.91 Å². The van der Waals surface area contributed by atoms with E-state index in [-0.39, 0.29) is 12.0 Å². The van der Waals surface area contributed by atoms with Gasteiger partial charge >= 0.3 is 0 Å². The van der Waals surface area contributed by atoms with Crippen LogP contribution in [0.25, 0.3) is 11.3 Å². The van der Waals surface area contributed by atoms with Gasteiger partial charge in [-0.25, -0.2) is 9.97 Å². The van der Waals surface area contributed by atoms with Crippen LogP contribution in [0.5, 0.6) is 5.75 Å². The highest BCUT2D eigenvalue weighted by Crippen LogP contribution is 2.26. The Labute approximate surface area is 169 Å². The molecule has 1 aliphatic heterocycles. The number of pyridine rings is 1. The van der Waals surface area contributed by atoms with Crippen LogP contribution in [-0.4, -0.2) is 52.6 Å².